The Labute approximate surface area is 98.3 Å². The molecule has 0 aromatic heterocycles. The summed E-state index contributed by atoms with van der Waals surface area (Å²) in [5.74, 6) is 0. The van der Waals surface area contributed by atoms with E-state index in [0.29, 0.717) is 12.6 Å². The maximum Gasteiger partial charge on any atom is 0.0682 e. The first-order chi connectivity index (χ1) is 6.25. The van der Waals surface area contributed by atoms with E-state index in [1.54, 1.807) is 0 Å². The lowest BCUT2D eigenvalue weighted by Crippen LogP contribution is -2.14. The maximum atomic E-state index is 9.34. The van der Waals surface area contributed by atoms with Crippen molar-refractivity contribution < 1.29 is 5.11 Å². The van der Waals surface area contributed by atoms with E-state index in [-0.39, 0.29) is 18.5 Å². The molecule has 1 aliphatic heterocycles. The third-order valence-corrected chi connectivity index (χ3v) is 2.91. The Hall–Kier alpha value is -0.0900. The molecule has 0 spiro atoms. The van der Waals surface area contributed by atoms with Gasteiger partial charge in [0.25, 0.3) is 0 Å². The summed E-state index contributed by atoms with van der Waals surface area (Å²) in [6.45, 7) is 0.709. The Morgan fingerprint density at radius 2 is 1.93 bits per heavy atom. The molecule has 2 nitrogen and oxygen atoms in total. The van der Waals surface area contributed by atoms with Crippen LogP contribution < -0.4 is 5.32 Å². The molecule has 1 heterocycles. The van der Waals surface area contributed by atoms with Crippen LogP contribution in [0, 0.1) is 0 Å². The number of hydrogen-bond donors (Lipinski definition) is 2. The standard InChI is InChI=1S/C10H12BrNO.ClH/c11-8-3-1-7(2-4-8)10-5-9(13)6-12-10;/h1-4,9-10,12-13H,5-6H2;1H. The highest BCUT2D eigenvalue weighted by Crippen LogP contribution is 2.24. The van der Waals surface area contributed by atoms with E-state index in [1.807, 2.05) is 12.1 Å². The van der Waals surface area contributed by atoms with Gasteiger partial charge in [0, 0.05) is 17.1 Å². The van der Waals surface area contributed by atoms with Gasteiger partial charge in [-0.1, -0.05) is 28.1 Å². The predicted octanol–water partition coefficient (Wildman–Crippen LogP) is 2.27. The molecule has 1 aromatic rings. The first-order valence-corrected chi connectivity index (χ1v) is 5.22. The Morgan fingerprint density at radius 3 is 2.43 bits per heavy atom. The monoisotopic (exact) mass is 277 g/mol. The van der Waals surface area contributed by atoms with Crippen molar-refractivity contribution in [2.75, 3.05) is 6.54 Å². The Morgan fingerprint density at radius 1 is 1.29 bits per heavy atom. The highest BCUT2D eigenvalue weighted by atomic mass is 79.9. The first-order valence-electron chi connectivity index (χ1n) is 4.42. The van der Waals surface area contributed by atoms with Gasteiger partial charge in [-0.3, -0.25) is 0 Å². The smallest absolute Gasteiger partial charge is 0.0682 e. The lowest BCUT2D eigenvalue weighted by molar-refractivity contribution is 0.193. The maximum absolute atomic E-state index is 9.34. The molecule has 1 fully saturated rings. The molecule has 2 atom stereocenters. The molecule has 14 heavy (non-hydrogen) atoms. The number of rotatable bonds is 1. The summed E-state index contributed by atoms with van der Waals surface area (Å²) >= 11 is 3.40. The van der Waals surface area contributed by atoms with Gasteiger partial charge in [-0.15, -0.1) is 12.4 Å². The summed E-state index contributed by atoms with van der Waals surface area (Å²) < 4.78 is 1.09. The quantitative estimate of drug-likeness (QED) is 0.826. The molecule has 2 rings (SSSR count). The van der Waals surface area contributed by atoms with Gasteiger partial charge in [0.15, 0.2) is 0 Å². The highest BCUT2D eigenvalue weighted by molar-refractivity contribution is 9.10. The Bertz CT molecular complexity index is 291. The van der Waals surface area contributed by atoms with E-state index < -0.39 is 0 Å². The molecule has 0 radical (unpaired) electrons. The van der Waals surface area contributed by atoms with Gasteiger partial charge in [0.05, 0.1) is 6.10 Å². The number of benzene rings is 1. The lowest BCUT2D eigenvalue weighted by atomic mass is 10.1. The third-order valence-electron chi connectivity index (χ3n) is 2.38. The fourth-order valence-electron chi connectivity index (χ4n) is 1.67. The van der Waals surface area contributed by atoms with Crippen molar-refractivity contribution in [1.82, 2.24) is 5.32 Å². The van der Waals surface area contributed by atoms with Crippen molar-refractivity contribution in [1.29, 1.82) is 0 Å². The molecule has 0 saturated carbocycles. The number of aliphatic hydroxyl groups excluding tert-OH is 1. The number of aliphatic hydroxyl groups is 1. The summed E-state index contributed by atoms with van der Waals surface area (Å²) in [4.78, 5) is 0. The van der Waals surface area contributed by atoms with E-state index in [1.165, 1.54) is 5.56 Å². The van der Waals surface area contributed by atoms with Crippen LogP contribution in [0.25, 0.3) is 0 Å². The minimum atomic E-state index is -0.186. The topological polar surface area (TPSA) is 32.3 Å². The largest absolute Gasteiger partial charge is 0.392 e. The van der Waals surface area contributed by atoms with Gasteiger partial charge in [-0.25, -0.2) is 0 Å². The van der Waals surface area contributed by atoms with Gasteiger partial charge in [0.2, 0.25) is 0 Å². The number of β-amino-alcohol motifs (C(OH)–C–C–N with tert-alkyl or cyclic N) is 1. The van der Waals surface area contributed by atoms with Crippen LogP contribution >= 0.6 is 28.3 Å². The van der Waals surface area contributed by atoms with Crippen LogP contribution in [0.5, 0.6) is 0 Å². The molecule has 1 aliphatic rings. The van der Waals surface area contributed by atoms with Crippen molar-refractivity contribution in [3.63, 3.8) is 0 Å². The molecule has 1 aromatic carbocycles. The van der Waals surface area contributed by atoms with E-state index >= 15 is 0 Å². The van der Waals surface area contributed by atoms with Crippen LogP contribution in [0.15, 0.2) is 28.7 Å². The number of nitrogens with one attached hydrogen (secondary N) is 1. The van der Waals surface area contributed by atoms with Crippen molar-refractivity contribution in [3.05, 3.63) is 34.3 Å². The second kappa shape index (κ2) is 5.12. The summed E-state index contributed by atoms with van der Waals surface area (Å²) in [7, 11) is 0. The van der Waals surface area contributed by atoms with Crippen LogP contribution in [0.2, 0.25) is 0 Å². The first kappa shape index (κ1) is 12.0. The van der Waals surface area contributed by atoms with Crippen LogP contribution in [-0.2, 0) is 0 Å². The molecule has 2 N–H and O–H groups in total. The zero-order valence-corrected chi connectivity index (χ0v) is 10.0. The minimum Gasteiger partial charge on any atom is -0.392 e. The van der Waals surface area contributed by atoms with Crippen LogP contribution in [-0.4, -0.2) is 17.8 Å². The second-order valence-corrected chi connectivity index (χ2v) is 4.32. The van der Waals surface area contributed by atoms with Crippen molar-refractivity contribution in [2.45, 2.75) is 18.6 Å². The summed E-state index contributed by atoms with van der Waals surface area (Å²) in [5, 5.41) is 12.6. The van der Waals surface area contributed by atoms with E-state index in [0.717, 1.165) is 10.9 Å². The number of halogens is 2. The Balaban J connectivity index is 0.000000980. The molecular weight excluding hydrogens is 265 g/mol. The molecule has 0 bridgehead atoms. The molecular formula is C10H13BrClNO. The predicted molar refractivity (Wildman–Crippen MR) is 62.8 cm³/mol. The van der Waals surface area contributed by atoms with Gasteiger partial charge >= 0.3 is 0 Å². The van der Waals surface area contributed by atoms with Crippen LogP contribution in [0.1, 0.15) is 18.0 Å². The van der Waals surface area contributed by atoms with Gasteiger partial charge in [-0.2, -0.15) is 0 Å². The zero-order valence-electron chi connectivity index (χ0n) is 7.61. The van der Waals surface area contributed by atoms with Crippen molar-refractivity contribution >= 4 is 28.3 Å². The normalized spacial score (nSPS) is 25.9. The number of hydrogen-bond acceptors (Lipinski definition) is 2. The second-order valence-electron chi connectivity index (χ2n) is 3.40. The summed E-state index contributed by atoms with van der Waals surface area (Å²) in [5.41, 5.74) is 1.25. The zero-order chi connectivity index (χ0) is 9.26. The van der Waals surface area contributed by atoms with E-state index in [4.69, 9.17) is 0 Å². The average molecular weight is 279 g/mol. The average Bonchev–Trinajstić information content (AvgIpc) is 2.53. The van der Waals surface area contributed by atoms with E-state index in [2.05, 4.69) is 33.4 Å². The SMILES string of the molecule is Cl.OC1CNC(c2ccc(Br)cc2)C1. The van der Waals surface area contributed by atoms with Crippen LogP contribution in [0.3, 0.4) is 0 Å². The van der Waals surface area contributed by atoms with Gasteiger partial charge in [0.1, 0.15) is 0 Å². The summed E-state index contributed by atoms with van der Waals surface area (Å²) in [6, 6.07) is 8.55. The molecule has 78 valence electrons. The van der Waals surface area contributed by atoms with Crippen molar-refractivity contribution in [3.8, 4) is 0 Å². The van der Waals surface area contributed by atoms with Gasteiger partial charge < -0.3 is 10.4 Å². The minimum absolute atomic E-state index is 0. The lowest BCUT2D eigenvalue weighted by Gasteiger charge is -2.09. The fourth-order valence-corrected chi connectivity index (χ4v) is 1.93. The van der Waals surface area contributed by atoms with Gasteiger partial charge in [-0.05, 0) is 24.1 Å². The van der Waals surface area contributed by atoms with Crippen LogP contribution in [0.4, 0.5) is 0 Å². The van der Waals surface area contributed by atoms with Crippen molar-refractivity contribution in [2.24, 2.45) is 0 Å². The molecule has 2 unspecified atom stereocenters. The molecule has 4 heteroatoms. The Kier molecular flexibility index (Phi) is 4.38. The molecule has 0 aliphatic carbocycles. The highest BCUT2D eigenvalue weighted by Gasteiger charge is 2.22. The van der Waals surface area contributed by atoms with E-state index in [9.17, 15) is 5.11 Å². The third kappa shape index (κ3) is 2.70. The molecule has 0 amide bonds. The molecule has 1 saturated heterocycles. The fraction of sp³-hybridized carbons (Fsp3) is 0.400. The summed E-state index contributed by atoms with van der Waals surface area (Å²) in [6.07, 6.45) is 0.635.